The van der Waals surface area contributed by atoms with Gasteiger partial charge in [0.25, 0.3) is 5.91 Å². The molecule has 1 atom stereocenters. The standard InChI is InChI=1S/C16H21NO3/c1-4-11-20-14-7-5-13(6-8-14)16(19)17-15(9-10-18)12(2)3/h1,5-8,12,15,18H,9-11H2,2-3H3,(H,17,19). The molecule has 0 aromatic heterocycles. The first-order valence-corrected chi connectivity index (χ1v) is 6.66. The predicted molar refractivity (Wildman–Crippen MR) is 78.6 cm³/mol. The van der Waals surface area contributed by atoms with Gasteiger partial charge in [-0.05, 0) is 36.6 Å². The van der Waals surface area contributed by atoms with E-state index >= 15 is 0 Å². The molecular formula is C16H21NO3. The first-order valence-electron chi connectivity index (χ1n) is 6.66. The summed E-state index contributed by atoms with van der Waals surface area (Å²) < 4.78 is 5.25. The molecule has 2 N–H and O–H groups in total. The zero-order valence-electron chi connectivity index (χ0n) is 11.9. The van der Waals surface area contributed by atoms with E-state index in [0.29, 0.717) is 17.7 Å². The number of hydrogen-bond donors (Lipinski definition) is 2. The second-order valence-electron chi connectivity index (χ2n) is 4.85. The molecule has 1 unspecified atom stereocenters. The van der Waals surface area contributed by atoms with Gasteiger partial charge in [0, 0.05) is 18.2 Å². The molecule has 0 aliphatic carbocycles. The average molecular weight is 275 g/mol. The van der Waals surface area contributed by atoms with E-state index in [1.54, 1.807) is 24.3 Å². The summed E-state index contributed by atoms with van der Waals surface area (Å²) in [6, 6.07) is 6.77. The highest BCUT2D eigenvalue weighted by atomic mass is 16.5. The lowest BCUT2D eigenvalue weighted by molar-refractivity contribution is 0.0916. The third-order valence-electron chi connectivity index (χ3n) is 3.00. The van der Waals surface area contributed by atoms with E-state index in [0.717, 1.165) is 0 Å². The smallest absolute Gasteiger partial charge is 0.251 e. The average Bonchev–Trinajstić information content (AvgIpc) is 2.45. The molecule has 0 aliphatic rings. The van der Waals surface area contributed by atoms with E-state index < -0.39 is 0 Å². The first kappa shape index (κ1) is 16.1. The van der Waals surface area contributed by atoms with Crippen LogP contribution in [0.15, 0.2) is 24.3 Å². The number of carbonyl (C=O) groups excluding carboxylic acids is 1. The van der Waals surface area contributed by atoms with Gasteiger partial charge in [-0.3, -0.25) is 4.79 Å². The highest BCUT2D eigenvalue weighted by Crippen LogP contribution is 2.13. The summed E-state index contributed by atoms with van der Waals surface area (Å²) in [6.45, 7) is 4.29. The maximum atomic E-state index is 12.1. The lowest BCUT2D eigenvalue weighted by atomic mass is 10.0. The Balaban J connectivity index is 2.65. The second kappa shape index (κ2) is 8.23. The van der Waals surface area contributed by atoms with Gasteiger partial charge in [0.15, 0.2) is 0 Å². The predicted octanol–water partition coefficient (Wildman–Crippen LogP) is 1.84. The number of ether oxygens (including phenoxy) is 1. The number of aliphatic hydroxyl groups is 1. The summed E-state index contributed by atoms with van der Waals surface area (Å²) in [4.78, 5) is 12.1. The molecule has 0 bridgehead atoms. The molecule has 0 aliphatic heterocycles. The molecule has 0 radical (unpaired) electrons. The van der Waals surface area contributed by atoms with Crippen molar-refractivity contribution >= 4 is 5.91 Å². The molecule has 4 nitrogen and oxygen atoms in total. The van der Waals surface area contributed by atoms with Crippen molar-refractivity contribution in [3.63, 3.8) is 0 Å². The van der Waals surface area contributed by atoms with Crippen molar-refractivity contribution in [2.75, 3.05) is 13.2 Å². The summed E-state index contributed by atoms with van der Waals surface area (Å²) in [5, 5.41) is 11.9. The van der Waals surface area contributed by atoms with Crippen LogP contribution in [-0.4, -0.2) is 30.3 Å². The summed E-state index contributed by atoms with van der Waals surface area (Å²) >= 11 is 0. The Morgan fingerprint density at radius 2 is 2.05 bits per heavy atom. The molecule has 0 heterocycles. The Hall–Kier alpha value is -1.99. The van der Waals surface area contributed by atoms with Gasteiger partial charge < -0.3 is 15.2 Å². The van der Waals surface area contributed by atoms with Crippen LogP contribution < -0.4 is 10.1 Å². The third-order valence-corrected chi connectivity index (χ3v) is 3.00. The molecule has 0 spiro atoms. The minimum absolute atomic E-state index is 0.0372. The number of carbonyl (C=O) groups is 1. The maximum Gasteiger partial charge on any atom is 0.251 e. The van der Waals surface area contributed by atoms with Crippen molar-refractivity contribution in [3.05, 3.63) is 29.8 Å². The number of terminal acetylenes is 1. The van der Waals surface area contributed by atoms with Crippen molar-refractivity contribution in [3.8, 4) is 18.1 Å². The van der Waals surface area contributed by atoms with Gasteiger partial charge in [0.2, 0.25) is 0 Å². The summed E-state index contributed by atoms with van der Waals surface area (Å²) in [6.07, 6.45) is 5.65. The highest BCUT2D eigenvalue weighted by Gasteiger charge is 2.16. The minimum atomic E-state index is -0.152. The van der Waals surface area contributed by atoms with E-state index in [4.69, 9.17) is 16.3 Å². The fourth-order valence-corrected chi connectivity index (χ4v) is 1.79. The largest absolute Gasteiger partial charge is 0.481 e. The molecule has 1 rings (SSSR count). The minimum Gasteiger partial charge on any atom is -0.481 e. The van der Waals surface area contributed by atoms with E-state index in [1.807, 2.05) is 13.8 Å². The number of amides is 1. The number of hydrogen-bond acceptors (Lipinski definition) is 3. The van der Waals surface area contributed by atoms with E-state index in [9.17, 15) is 4.79 Å². The molecule has 108 valence electrons. The Morgan fingerprint density at radius 3 is 2.55 bits per heavy atom. The monoisotopic (exact) mass is 275 g/mol. The van der Waals surface area contributed by atoms with E-state index in [1.165, 1.54) is 0 Å². The number of nitrogens with one attached hydrogen (secondary N) is 1. The second-order valence-corrected chi connectivity index (χ2v) is 4.85. The topological polar surface area (TPSA) is 58.6 Å². The van der Waals surface area contributed by atoms with Crippen LogP contribution in [-0.2, 0) is 0 Å². The summed E-state index contributed by atoms with van der Waals surface area (Å²) in [5.41, 5.74) is 0.557. The van der Waals surface area contributed by atoms with Crippen LogP contribution in [0.1, 0.15) is 30.6 Å². The molecule has 1 aromatic carbocycles. The van der Waals surface area contributed by atoms with E-state index in [2.05, 4.69) is 11.2 Å². The number of aliphatic hydroxyl groups excluding tert-OH is 1. The van der Waals surface area contributed by atoms with Gasteiger partial charge in [-0.1, -0.05) is 19.8 Å². The van der Waals surface area contributed by atoms with Gasteiger partial charge in [-0.2, -0.15) is 0 Å². The molecule has 20 heavy (non-hydrogen) atoms. The van der Waals surface area contributed by atoms with Crippen LogP contribution in [0.3, 0.4) is 0 Å². The molecular weight excluding hydrogens is 254 g/mol. The van der Waals surface area contributed by atoms with Crippen molar-refractivity contribution in [2.45, 2.75) is 26.3 Å². The highest BCUT2D eigenvalue weighted by molar-refractivity contribution is 5.94. The quantitative estimate of drug-likeness (QED) is 0.746. The van der Waals surface area contributed by atoms with Gasteiger partial charge in [0.1, 0.15) is 12.4 Å². The molecule has 1 amide bonds. The normalized spacial score (nSPS) is 11.8. The lowest BCUT2D eigenvalue weighted by Gasteiger charge is -2.21. The molecule has 0 fully saturated rings. The number of benzene rings is 1. The zero-order chi connectivity index (χ0) is 15.0. The Labute approximate surface area is 120 Å². The van der Waals surface area contributed by atoms with Crippen LogP contribution in [0.5, 0.6) is 5.75 Å². The van der Waals surface area contributed by atoms with E-state index in [-0.39, 0.29) is 31.1 Å². The lowest BCUT2D eigenvalue weighted by Crippen LogP contribution is -2.39. The van der Waals surface area contributed by atoms with Crippen LogP contribution in [0.4, 0.5) is 0 Å². The summed E-state index contributed by atoms with van der Waals surface area (Å²) in [7, 11) is 0. The Morgan fingerprint density at radius 1 is 1.40 bits per heavy atom. The molecule has 1 aromatic rings. The fourth-order valence-electron chi connectivity index (χ4n) is 1.79. The summed E-state index contributed by atoms with van der Waals surface area (Å²) in [5.74, 6) is 3.13. The van der Waals surface area contributed by atoms with Crippen molar-refractivity contribution in [1.29, 1.82) is 0 Å². The zero-order valence-corrected chi connectivity index (χ0v) is 11.9. The maximum absolute atomic E-state index is 12.1. The van der Waals surface area contributed by atoms with Crippen LogP contribution in [0.25, 0.3) is 0 Å². The fraction of sp³-hybridized carbons (Fsp3) is 0.438. The molecule has 4 heteroatoms. The SMILES string of the molecule is C#CCOc1ccc(C(=O)NC(CCO)C(C)C)cc1. The van der Waals surface area contributed by atoms with Crippen LogP contribution in [0.2, 0.25) is 0 Å². The van der Waals surface area contributed by atoms with Gasteiger partial charge >= 0.3 is 0 Å². The van der Waals surface area contributed by atoms with Gasteiger partial charge in [-0.25, -0.2) is 0 Å². The first-order chi connectivity index (χ1) is 9.58. The molecule has 0 saturated carbocycles. The van der Waals surface area contributed by atoms with Gasteiger partial charge in [0.05, 0.1) is 0 Å². The van der Waals surface area contributed by atoms with Crippen LogP contribution in [0, 0.1) is 18.3 Å². The Bertz CT molecular complexity index is 460. The van der Waals surface area contributed by atoms with Gasteiger partial charge in [-0.15, -0.1) is 6.42 Å². The molecule has 0 saturated heterocycles. The van der Waals surface area contributed by atoms with Crippen LogP contribution >= 0.6 is 0 Å². The van der Waals surface area contributed by atoms with Crippen molar-refractivity contribution in [1.82, 2.24) is 5.32 Å². The third kappa shape index (κ3) is 4.94. The van der Waals surface area contributed by atoms with Crippen molar-refractivity contribution in [2.24, 2.45) is 5.92 Å². The number of rotatable bonds is 7. The van der Waals surface area contributed by atoms with Crippen molar-refractivity contribution < 1.29 is 14.6 Å². The Kier molecular flexibility index (Phi) is 6.61.